The normalized spacial score (nSPS) is 14.9. The molecule has 7 heteroatoms. The fraction of sp³-hybridized carbons (Fsp3) is 0.267. The van der Waals surface area contributed by atoms with Crippen LogP contribution in [0.15, 0.2) is 29.8 Å². The van der Waals surface area contributed by atoms with Crippen LogP contribution in [0.1, 0.15) is 28.9 Å². The van der Waals surface area contributed by atoms with Crippen LogP contribution in [0.25, 0.3) is 16.8 Å². The fourth-order valence-corrected chi connectivity index (χ4v) is 3.31. The zero-order valence-corrected chi connectivity index (χ0v) is 12.6. The molecule has 0 bridgehead atoms. The van der Waals surface area contributed by atoms with Crippen molar-refractivity contribution >= 4 is 28.8 Å². The molecule has 3 aromatic heterocycles. The number of nitrogen functional groups attached to an aromatic ring is 1. The van der Waals surface area contributed by atoms with Gasteiger partial charge in [-0.1, -0.05) is 0 Å². The summed E-state index contributed by atoms with van der Waals surface area (Å²) in [6.07, 6.45) is 5.26. The van der Waals surface area contributed by atoms with Gasteiger partial charge in [-0.25, -0.2) is 4.52 Å². The van der Waals surface area contributed by atoms with Crippen LogP contribution in [0.5, 0.6) is 0 Å². The Morgan fingerprint density at radius 1 is 1.36 bits per heavy atom. The third-order valence-electron chi connectivity index (χ3n) is 3.94. The van der Waals surface area contributed by atoms with Crippen LogP contribution in [0, 0.1) is 0 Å². The van der Waals surface area contributed by atoms with E-state index in [2.05, 4.69) is 15.4 Å². The standard InChI is InChI=1S/C15H15N5OS/c16-15-18-13-5-4-9(7-20(13)19-15)10-6-12(22-8-10)14(21)17-11-2-1-3-11/h4-8,11H,1-3H2,(H2,16,19)(H,17,21). The number of aromatic nitrogens is 3. The van der Waals surface area contributed by atoms with E-state index in [1.165, 1.54) is 17.8 Å². The SMILES string of the molecule is Nc1nc2ccc(-c3csc(C(=O)NC4CCC4)c3)cn2n1. The highest BCUT2D eigenvalue weighted by Crippen LogP contribution is 2.27. The number of carbonyl (C=O) groups is 1. The Morgan fingerprint density at radius 3 is 3.00 bits per heavy atom. The van der Waals surface area contributed by atoms with Gasteiger partial charge in [-0.2, -0.15) is 4.98 Å². The Bertz CT molecular complexity index is 849. The maximum Gasteiger partial charge on any atom is 0.261 e. The highest BCUT2D eigenvalue weighted by atomic mass is 32.1. The van der Waals surface area contributed by atoms with Crippen LogP contribution in [0.3, 0.4) is 0 Å². The Balaban J connectivity index is 1.59. The zero-order chi connectivity index (χ0) is 15.1. The number of thiophene rings is 1. The maximum atomic E-state index is 12.2. The van der Waals surface area contributed by atoms with E-state index in [4.69, 9.17) is 5.73 Å². The van der Waals surface area contributed by atoms with Gasteiger partial charge in [-0.3, -0.25) is 4.79 Å². The largest absolute Gasteiger partial charge is 0.366 e. The van der Waals surface area contributed by atoms with Crippen LogP contribution in [0.4, 0.5) is 5.95 Å². The van der Waals surface area contributed by atoms with Crippen LogP contribution in [-0.4, -0.2) is 26.5 Å². The highest BCUT2D eigenvalue weighted by Gasteiger charge is 2.21. The van der Waals surface area contributed by atoms with Gasteiger partial charge in [0.2, 0.25) is 5.95 Å². The van der Waals surface area contributed by atoms with Crippen molar-refractivity contribution in [2.24, 2.45) is 0 Å². The molecular formula is C15H15N5OS. The maximum absolute atomic E-state index is 12.2. The van der Waals surface area contributed by atoms with Crippen molar-refractivity contribution in [3.8, 4) is 11.1 Å². The first-order valence-corrected chi connectivity index (χ1v) is 8.09. The summed E-state index contributed by atoms with van der Waals surface area (Å²) in [4.78, 5) is 17.0. The molecule has 6 nitrogen and oxygen atoms in total. The summed E-state index contributed by atoms with van der Waals surface area (Å²) in [5.41, 5.74) is 8.28. The molecule has 0 aliphatic heterocycles. The van der Waals surface area contributed by atoms with Crippen molar-refractivity contribution in [3.05, 3.63) is 34.7 Å². The van der Waals surface area contributed by atoms with Crippen molar-refractivity contribution in [2.45, 2.75) is 25.3 Å². The molecule has 0 saturated heterocycles. The first-order valence-electron chi connectivity index (χ1n) is 7.21. The van der Waals surface area contributed by atoms with Gasteiger partial charge in [-0.15, -0.1) is 16.4 Å². The van der Waals surface area contributed by atoms with E-state index >= 15 is 0 Å². The number of carbonyl (C=O) groups excluding carboxylic acids is 1. The molecule has 1 saturated carbocycles. The van der Waals surface area contributed by atoms with E-state index < -0.39 is 0 Å². The fourth-order valence-electron chi connectivity index (χ4n) is 2.49. The Morgan fingerprint density at radius 2 is 2.23 bits per heavy atom. The third-order valence-corrected chi connectivity index (χ3v) is 4.87. The van der Waals surface area contributed by atoms with E-state index in [-0.39, 0.29) is 11.9 Å². The minimum Gasteiger partial charge on any atom is -0.366 e. The molecule has 0 spiro atoms. The van der Waals surface area contributed by atoms with E-state index in [0.29, 0.717) is 11.7 Å². The van der Waals surface area contributed by atoms with Gasteiger partial charge >= 0.3 is 0 Å². The van der Waals surface area contributed by atoms with Crippen molar-refractivity contribution in [2.75, 3.05) is 5.73 Å². The van der Waals surface area contributed by atoms with Gasteiger partial charge in [0.05, 0.1) is 4.88 Å². The van der Waals surface area contributed by atoms with Crippen molar-refractivity contribution < 1.29 is 4.79 Å². The quantitative estimate of drug-likeness (QED) is 0.777. The molecule has 3 heterocycles. The second-order valence-electron chi connectivity index (χ2n) is 5.49. The molecule has 0 unspecified atom stereocenters. The van der Waals surface area contributed by atoms with Gasteiger partial charge in [0.25, 0.3) is 5.91 Å². The van der Waals surface area contributed by atoms with E-state index in [1.54, 1.807) is 4.52 Å². The number of nitrogens with two attached hydrogens (primary N) is 1. The number of rotatable bonds is 3. The first-order chi connectivity index (χ1) is 10.7. The lowest BCUT2D eigenvalue weighted by atomic mass is 9.93. The molecule has 0 aromatic carbocycles. The Hall–Kier alpha value is -2.41. The number of hydrogen-bond acceptors (Lipinski definition) is 5. The molecule has 1 aliphatic carbocycles. The number of fused-ring (bicyclic) bond motifs is 1. The van der Waals surface area contributed by atoms with Gasteiger partial charge in [0, 0.05) is 17.8 Å². The minimum atomic E-state index is 0.0204. The smallest absolute Gasteiger partial charge is 0.261 e. The molecule has 0 atom stereocenters. The number of anilines is 1. The van der Waals surface area contributed by atoms with Gasteiger partial charge in [-0.05, 0) is 48.4 Å². The summed E-state index contributed by atoms with van der Waals surface area (Å²) in [6, 6.07) is 6.09. The van der Waals surface area contributed by atoms with E-state index in [1.807, 2.05) is 29.8 Å². The predicted molar refractivity (Wildman–Crippen MR) is 85.8 cm³/mol. The monoisotopic (exact) mass is 313 g/mol. The van der Waals surface area contributed by atoms with Gasteiger partial charge in [0.15, 0.2) is 5.65 Å². The molecule has 112 valence electrons. The van der Waals surface area contributed by atoms with Crippen molar-refractivity contribution in [1.82, 2.24) is 19.9 Å². The minimum absolute atomic E-state index is 0.0204. The summed E-state index contributed by atoms with van der Waals surface area (Å²) in [7, 11) is 0. The second kappa shape index (κ2) is 5.10. The van der Waals surface area contributed by atoms with Crippen LogP contribution < -0.4 is 11.1 Å². The van der Waals surface area contributed by atoms with E-state index in [0.717, 1.165) is 28.8 Å². The Labute approximate surface area is 131 Å². The lowest BCUT2D eigenvalue weighted by molar-refractivity contribution is 0.0921. The summed E-state index contributed by atoms with van der Waals surface area (Å²) in [5, 5.41) is 9.15. The number of nitrogens with one attached hydrogen (secondary N) is 1. The van der Waals surface area contributed by atoms with Gasteiger partial charge in [0.1, 0.15) is 0 Å². The lowest BCUT2D eigenvalue weighted by Crippen LogP contribution is -2.39. The molecule has 0 radical (unpaired) electrons. The molecule has 3 N–H and O–H groups in total. The zero-order valence-electron chi connectivity index (χ0n) is 11.8. The number of pyridine rings is 1. The Kier molecular flexibility index (Phi) is 3.07. The summed E-state index contributed by atoms with van der Waals surface area (Å²) >= 11 is 1.46. The third kappa shape index (κ3) is 2.33. The van der Waals surface area contributed by atoms with Gasteiger partial charge < -0.3 is 11.1 Å². The van der Waals surface area contributed by atoms with E-state index in [9.17, 15) is 4.79 Å². The molecule has 4 rings (SSSR count). The number of nitrogens with zero attached hydrogens (tertiary/aromatic N) is 3. The molecule has 1 fully saturated rings. The number of hydrogen-bond donors (Lipinski definition) is 2. The summed E-state index contributed by atoms with van der Waals surface area (Å²) in [6.45, 7) is 0. The average molecular weight is 313 g/mol. The summed E-state index contributed by atoms with van der Waals surface area (Å²) in [5.74, 6) is 0.273. The van der Waals surface area contributed by atoms with Crippen LogP contribution >= 0.6 is 11.3 Å². The van der Waals surface area contributed by atoms with Crippen molar-refractivity contribution in [1.29, 1.82) is 0 Å². The molecule has 1 aliphatic rings. The topological polar surface area (TPSA) is 85.3 Å². The molecule has 1 amide bonds. The molecule has 3 aromatic rings. The number of amides is 1. The van der Waals surface area contributed by atoms with Crippen molar-refractivity contribution in [3.63, 3.8) is 0 Å². The second-order valence-corrected chi connectivity index (χ2v) is 6.40. The predicted octanol–water partition coefficient (Wildman–Crippen LogP) is 2.32. The highest BCUT2D eigenvalue weighted by molar-refractivity contribution is 7.12. The molecular weight excluding hydrogens is 298 g/mol. The first kappa shape index (κ1) is 13.3. The van der Waals surface area contributed by atoms with Crippen LogP contribution in [-0.2, 0) is 0 Å². The van der Waals surface area contributed by atoms with Crippen LogP contribution in [0.2, 0.25) is 0 Å². The average Bonchev–Trinajstić information content (AvgIpc) is 3.06. The lowest BCUT2D eigenvalue weighted by Gasteiger charge is -2.25. The summed E-state index contributed by atoms with van der Waals surface area (Å²) < 4.78 is 1.65. The molecule has 22 heavy (non-hydrogen) atoms.